The first-order chi connectivity index (χ1) is 10.9. The van der Waals surface area contributed by atoms with Crippen molar-refractivity contribution in [3.8, 4) is 0 Å². The molecule has 0 aromatic rings. The Morgan fingerprint density at radius 3 is 2.52 bits per heavy atom. The third-order valence-electron chi connectivity index (χ3n) is 3.54. The number of allylic oxidation sites excluding steroid dienone is 1. The van der Waals surface area contributed by atoms with E-state index in [4.69, 9.17) is 0 Å². The maximum Gasteiger partial charge on any atom is 0.250 e. The Morgan fingerprint density at radius 2 is 1.91 bits per heavy atom. The Kier molecular flexibility index (Phi) is 8.16. The minimum Gasteiger partial charge on any atom is -0.354 e. The molecule has 0 radical (unpaired) electrons. The molecule has 1 rings (SSSR count). The van der Waals surface area contributed by atoms with Crippen molar-refractivity contribution in [3.05, 3.63) is 11.6 Å². The summed E-state index contributed by atoms with van der Waals surface area (Å²) in [6.07, 6.45) is 2.67. The average molecular weight is 341 g/mol. The Labute approximate surface area is 142 Å². The molecule has 1 fully saturated rings. The summed E-state index contributed by atoms with van der Waals surface area (Å²) in [4.78, 5) is 37.7. The fraction of sp³-hybridized carbons (Fsp3) is 0.688. The topological polar surface area (TPSA) is 78.5 Å². The molecule has 1 atom stereocenters. The predicted octanol–water partition coefficient (Wildman–Crippen LogP) is 1.13. The molecule has 0 bridgehead atoms. The molecule has 0 unspecified atom stereocenters. The predicted molar refractivity (Wildman–Crippen MR) is 92.9 cm³/mol. The second-order valence-electron chi connectivity index (χ2n) is 5.82. The van der Waals surface area contributed by atoms with Gasteiger partial charge in [0.15, 0.2) is 0 Å². The van der Waals surface area contributed by atoms with Gasteiger partial charge in [0.1, 0.15) is 6.04 Å². The zero-order valence-corrected chi connectivity index (χ0v) is 15.2. The lowest BCUT2D eigenvalue weighted by Crippen LogP contribution is -2.49. The number of nitrogens with one attached hydrogen (secondary N) is 2. The van der Waals surface area contributed by atoms with Crippen molar-refractivity contribution >= 4 is 29.5 Å². The van der Waals surface area contributed by atoms with Crippen LogP contribution in [0.1, 0.15) is 34.1 Å². The van der Waals surface area contributed by atoms with Crippen LogP contribution in [0.5, 0.6) is 0 Å². The fourth-order valence-corrected chi connectivity index (χ4v) is 3.33. The molecular weight excluding hydrogens is 314 g/mol. The van der Waals surface area contributed by atoms with Crippen LogP contribution in [-0.2, 0) is 14.4 Å². The SMILES string of the molecule is CC/C=C(/C)C(=O)N1CSC[C@H]1C(=O)NCCNC(=O)C(C)C. The van der Waals surface area contributed by atoms with Crippen LogP contribution in [0, 0.1) is 5.92 Å². The van der Waals surface area contributed by atoms with E-state index in [1.807, 2.05) is 26.8 Å². The molecule has 1 saturated heterocycles. The minimum atomic E-state index is -0.437. The number of rotatable bonds is 7. The van der Waals surface area contributed by atoms with E-state index < -0.39 is 6.04 Å². The first kappa shape index (κ1) is 19.5. The van der Waals surface area contributed by atoms with Crippen molar-refractivity contribution < 1.29 is 14.4 Å². The smallest absolute Gasteiger partial charge is 0.250 e. The molecule has 23 heavy (non-hydrogen) atoms. The van der Waals surface area contributed by atoms with Gasteiger partial charge in [-0.1, -0.05) is 26.8 Å². The van der Waals surface area contributed by atoms with Gasteiger partial charge in [-0.3, -0.25) is 14.4 Å². The molecule has 0 aromatic carbocycles. The van der Waals surface area contributed by atoms with Crippen LogP contribution in [-0.4, -0.2) is 53.4 Å². The molecule has 130 valence electrons. The Balaban J connectivity index is 2.47. The summed E-state index contributed by atoms with van der Waals surface area (Å²) < 4.78 is 0. The molecule has 6 nitrogen and oxygen atoms in total. The Morgan fingerprint density at radius 1 is 1.26 bits per heavy atom. The summed E-state index contributed by atoms with van der Waals surface area (Å²) in [6.45, 7) is 8.16. The van der Waals surface area contributed by atoms with Crippen LogP contribution in [0.3, 0.4) is 0 Å². The molecule has 7 heteroatoms. The lowest BCUT2D eigenvalue weighted by Gasteiger charge is -2.23. The van der Waals surface area contributed by atoms with Gasteiger partial charge in [-0.15, -0.1) is 11.8 Å². The number of amides is 3. The maximum atomic E-state index is 12.4. The zero-order valence-electron chi connectivity index (χ0n) is 14.3. The number of hydrogen-bond acceptors (Lipinski definition) is 4. The van der Waals surface area contributed by atoms with E-state index in [1.54, 1.807) is 23.6 Å². The van der Waals surface area contributed by atoms with E-state index in [0.717, 1.165) is 6.42 Å². The number of carbonyl (C=O) groups excluding carboxylic acids is 3. The first-order valence-electron chi connectivity index (χ1n) is 7.99. The van der Waals surface area contributed by atoms with Crippen LogP contribution in [0.4, 0.5) is 0 Å². The fourth-order valence-electron chi connectivity index (χ4n) is 2.17. The first-order valence-corrected chi connectivity index (χ1v) is 9.14. The van der Waals surface area contributed by atoms with Crippen molar-refractivity contribution in [3.63, 3.8) is 0 Å². The van der Waals surface area contributed by atoms with Crippen molar-refractivity contribution in [1.82, 2.24) is 15.5 Å². The molecular formula is C16H27N3O3S. The average Bonchev–Trinajstić information content (AvgIpc) is 2.99. The third kappa shape index (κ3) is 5.89. The summed E-state index contributed by atoms with van der Waals surface area (Å²) in [5.41, 5.74) is 0.678. The highest BCUT2D eigenvalue weighted by atomic mass is 32.2. The standard InChI is InChI=1S/C16H27N3O3S/c1-5-6-12(4)16(22)19-10-23-9-13(19)15(21)18-8-7-17-14(20)11(2)3/h6,11,13H,5,7-10H2,1-4H3,(H,17,20)(H,18,21)/b12-6-/t13-/m0/s1. The molecule has 0 aliphatic carbocycles. The molecule has 1 aliphatic heterocycles. The van der Waals surface area contributed by atoms with Crippen molar-refractivity contribution in [2.45, 2.75) is 40.2 Å². The molecule has 2 N–H and O–H groups in total. The van der Waals surface area contributed by atoms with Crippen LogP contribution in [0.2, 0.25) is 0 Å². The molecule has 1 aliphatic rings. The van der Waals surface area contributed by atoms with Gasteiger partial charge < -0.3 is 15.5 Å². The summed E-state index contributed by atoms with van der Waals surface area (Å²) in [5, 5.41) is 5.54. The van der Waals surface area contributed by atoms with Crippen LogP contribution in [0.25, 0.3) is 0 Å². The molecule has 0 aromatic heterocycles. The van der Waals surface area contributed by atoms with E-state index in [-0.39, 0.29) is 23.6 Å². The molecule has 0 spiro atoms. The lowest BCUT2D eigenvalue weighted by molar-refractivity contribution is -0.135. The lowest BCUT2D eigenvalue weighted by atomic mass is 10.2. The largest absolute Gasteiger partial charge is 0.354 e. The van der Waals surface area contributed by atoms with Gasteiger partial charge in [0.05, 0.1) is 5.88 Å². The van der Waals surface area contributed by atoms with Crippen molar-refractivity contribution in [1.29, 1.82) is 0 Å². The van der Waals surface area contributed by atoms with Crippen molar-refractivity contribution in [2.24, 2.45) is 5.92 Å². The van der Waals surface area contributed by atoms with Gasteiger partial charge in [0, 0.05) is 30.3 Å². The summed E-state index contributed by atoms with van der Waals surface area (Å²) in [6, 6.07) is -0.437. The monoisotopic (exact) mass is 341 g/mol. The van der Waals surface area contributed by atoms with Gasteiger partial charge in [-0.2, -0.15) is 0 Å². The van der Waals surface area contributed by atoms with E-state index in [0.29, 0.717) is 30.3 Å². The summed E-state index contributed by atoms with van der Waals surface area (Å²) in [5.74, 6) is 0.799. The Hall–Kier alpha value is -1.50. The zero-order chi connectivity index (χ0) is 17.4. The third-order valence-corrected chi connectivity index (χ3v) is 4.55. The van der Waals surface area contributed by atoms with Gasteiger partial charge in [0.2, 0.25) is 11.8 Å². The van der Waals surface area contributed by atoms with E-state index in [1.165, 1.54) is 0 Å². The molecule has 1 heterocycles. The molecule has 3 amide bonds. The number of hydrogen-bond donors (Lipinski definition) is 2. The number of carbonyl (C=O) groups is 3. The van der Waals surface area contributed by atoms with Gasteiger partial charge in [0.25, 0.3) is 5.91 Å². The highest BCUT2D eigenvalue weighted by molar-refractivity contribution is 7.99. The number of thioether (sulfide) groups is 1. The molecule has 0 saturated carbocycles. The van der Waals surface area contributed by atoms with Crippen LogP contribution < -0.4 is 10.6 Å². The van der Waals surface area contributed by atoms with Crippen LogP contribution in [0.15, 0.2) is 11.6 Å². The quantitative estimate of drug-likeness (QED) is 0.537. The van der Waals surface area contributed by atoms with Gasteiger partial charge in [-0.05, 0) is 13.3 Å². The summed E-state index contributed by atoms with van der Waals surface area (Å²) >= 11 is 1.58. The minimum absolute atomic E-state index is 0.0344. The van der Waals surface area contributed by atoms with Gasteiger partial charge >= 0.3 is 0 Å². The van der Waals surface area contributed by atoms with Gasteiger partial charge in [-0.25, -0.2) is 0 Å². The second-order valence-corrected chi connectivity index (χ2v) is 6.82. The second kappa shape index (κ2) is 9.60. The normalized spacial score (nSPS) is 18.2. The van der Waals surface area contributed by atoms with E-state index in [2.05, 4.69) is 10.6 Å². The van der Waals surface area contributed by atoms with E-state index >= 15 is 0 Å². The maximum absolute atomic E-state index is 12.4. The number of nitrogens with zero attached hydrogens (tertiary/aromatic N) is 1. The Bertz CT molecular complexity index is 477. The highest BCUT2D eigenvalue weighted by Crippen LogP contribution is 2.23. The summed E-state index contributed by atoms with van der Waals surface area (Å²) in [7, 11) is 0. The van der Waals surface area contributed by atoms with E-state index in [9.17, 15) is 14.4 Å². The highest BCUT2D eigenvalue weighted by Gasteiger charge is 2.34. The van der Waals surface area contributed by atoms with Crippen molar-refractivity contribution in [2.75, 3.05) is 24.7 Å². The van der Waals surface area contributed by atoms with Crippen LogP contribution >= 0.6 is 11.8 Å².